The molecule has 32 heavy (non-hydrogen) atoms. The average Bonchev–Trinajstić information content (AvgIpc) is 2.64. The summed E-state index contributed by atoms with van der Waals surface area (Å²) in [7, 11) is -9.27. The fraction of sp³-hybridized carbons (Fsp3) is 0.100. The molecule has 0 unspecified atom stereocenters. The molecule has 4 aromatic rings. The highest BCUT2D eigenvalue weighted by molar-refractivity contribution is 7.89. The molecule has 0 fully saturated rings. The van der Waals surface area contributed by atoms with Crippen LogP contribution in [0.1, 0.15) is 13.8 Å². The van der Waals surface area contributed by atoms with E-state index in [9.17, 15) is 31.0 Å². The molecular formula is C20H15NO9S2. The molecule has 0 radical (unpaired) electrons. The topological polar surface area (TPSA) is 167 Å². The lowest BCUT2D eigenvalue weighted by Crippen LogP contribution is -2.14. The fourth-order valence-electron chi connectivity index (χ4n) is 3.79. The lowest BCUT2D eigenvalue weighted by Gasteiger charge is -2.18. The molecule has 0 spiro atoms. The second-order valence-corrected chi connectivity index (χ2v) is 9.94. The predicted molar refractivity (Wildman–Crippen MR) is 114 cm³/mol. The number of rotatable bonds is 4. The van der Waals surface area contributed by atoms with Crippen LogP contribution in [0.15, 0.2) is 46.2 Å². The van der Waals surface area contributed by atoms with Crippen LogP contribution in [-0.4, -0.2) is 33.3 Å². The van der Waals surface area contributed by atoms with Crippen molar-refractivity contribution in [1.82, 2.24) is 0 Å². The van der Waals surface area contributed by atoms with E-state index in [0.717, 1.165) is 6.07 Å². The van der Waals surface area contributed by atoms with E-state index in [2.05, 4.69) is 0 Å². The summed E-state index contributed by atoms with van der Waals surface area (Å²) < 4.78 is 68.9. The van der Waals surface area contributed by atoms with Gasteiger partial charge in [-0.25, -0.2) is 13.6 Å². The maximum absolute atomic E-state index is 12.2. The van der Waals surface area contributed by atoms with Gasteiger partial charge in [0.15, 0.2) is 0 Å². The Bertz CT molecular complexity index is 1560. The monoisotopic (exact) mass is 477 g/mol. The summed E-state index contributed by atoms with van der Waals surface area (Å²) in [5.74, 6) is -1.33. The van der Waals surface area contributed by atoms with Crippen LogP contribution in [0.4, 0.5) is 0 Å². The molecule has 166 valence electrons. The van der Waals surface area contributed by atoms with Gasteiger partial charge >= 0.3 is 11.9 Å². The number of carbonyl (C=O) groups is 2. The second-order valence-electron chi connectivity index (χ2n) is 7.02. The summed E-state index contributed by atoms with van der Waals surface area (Å²) in [4.78, 5) is 22.1. The van der Waals surface area contributed by atoms with Crippen LogP contribution in [0, 0.1) is 0 Å². The third kappa shape index (κ3) is 3.52. The Morgan fingerprint density at radius 3 is 1.56 bits per heavy atom. The predicted octanol–water partition coefficient (Wildman–Crippen LogP) is 2.33. The Hall–Kier alpha value is -3.32. The van der Waals surface area contributed by atoms with E-state index in [1.807, 2.05) is 0 Å². The summed E-state index contributed by atoms with van der Waals surface area (Å²) in [5, 5.41) is 6.39. The third-order valence-electron chi connectivity index (χ3n) is 4.84. The Balaban J connectivity index is 2.35. The minimum absolute atomic E-state index is 0.00162. The Kier molecular flexibility index (Phi) is 4.86. The molecule has 3 N–H and O–H groups in total. The Labute approximate surface area is 181 Å². The van der Waals surface area contributed by atoms with Gasteiger partial charge in [-0.05, 0) is 18.2 Å². The summed E-state index contributed by atoms with van der Waals surface area (Å²) in [6.45, 7) is 2.33. The zero-order valence-electron chi connectivity index (χ0n) is 16.6. The van der Waals surface area contributed by atoms with Crippen molar-refractivity contribution < 1.29 is 40.5 Å². The van der Waals surface area contributed by atoms with Gasteiger partial charge in [0.25, 0.3) is 10.1 Å². The second kappa shape index (κ2) is 7.10. The van der Waals surface area contributed by atoms with Gasteiger partial charge in [-0.1, -0.05) is 12.1 Å². The van der Waals surface area contributed by atoms with Gasteiger partial charge in [0.2, 0.25) is 10.0 Å². The first-order valence-corrected chi connectivity index (χ1v) is 11.9. The van der Waals surface area contributed by atoms with Gasteiger partial charge < -0.3 is 9.47 Å². The van der Waals surface area contributed by atoms with Crippen LogP contribution in [0.25, 0.3) is 32.3 Å². The first kappa shape index (κ1) is 21.9. The maximum atomic E-state index is 12.2. The number of primary sulfonamides is 1. The van der Waals surface area contributed by atoms with Crippen LogP contribution in [-0.2, 0) is 29.7 Å². The van der Waals surface area contributed by atoms with Gasteiger partial charge in [-0.3, -0.25) is 14.1 Å². The van der Waals surface area contributed by atoms with E-state index < -0.39 is 41.9 Å². The smallest absolute Gasteiger partial charge is 0.308 e. The number of nitrogens with two attached hydrogens (primary N) is 1. The lowest BCUT2D eigenvalue weighted by molar-refractivity contribution is -0.132. The van der Waals surface area contributed by atoms with Gasteiger partial charge in [0.05, 0.1) is 4.90 Å². The summed E-state index contributed by atoms with van der Waals surface area (Å²) in [5.41, 5.74) is 0. The standard InChI is InChI=1S/C20H15NO9S2/c1-9(22)29-15-7-16(30-10(2)23)12-4-6-14-18(32(26,27)28)8-17(31(21,24)25)13-5-3-11(15)19(12)20(13)14/h3-8H,1-2H3,(H2,21,24,25)(H,26,27,28). The molecule has 12 heteroatoms. The minimum Gasteiger partial charge on any atom is -0.426 e. The summed E-state index contributed by atoms with van der Waals surface area (Å²) in [6.07, 6.45) is 0. The number of hydrogen-bond donors (Lipinski definition) is 2. The van der Waals surface area contributed by atoms with Crippen molar-refractivity contribution in [2.45, 2.75) is 23.6 Å². The van der Waals surface area contributed by atoms with Gasteiger partial charge in [-0.2, -0.15) is 8.42 Å². The number of sulfonamides is 1. The Morgan fingerprint density at radius 2 is 1.16 bits per heavy atom. The highest BCUT2D eigenvalue weighted by atomic mass is 32.2. The molecule has 0 amide bonds. The molecule has 0 aromatic heterocycles. The molecule has 10 nitrogen and oxygen atoms in total. The van der Waals surface area contributed by atoms with E-state index >= 15 is 0 Å². The van der Waals surface area contributed by atoms with Crippen molar-refractivity contribution in [3.05, 3.63) is 36.4 Å². The largest absolute Gasteiger partial charge is 0.426 e. The normalized spacial score (nSPS) is 12.5. The van der Waals surface area contributed by atoms with Crippen molar-refractivity contribution in [1.29, 1.82) is 0 Å². The number of benzene rings is 4. The van der Waals surface area contributed by atoms with Crippen molar-refractivity contribution in [3.63, 3.8) is 0 Å². The molecule has 0 atom stereocenters. The molecule has 0 aliphatic heterocycles. The van der Waals surface area contributed by atoms with Gasteiger partial charge in [-0.15, -0.1) is 0 Å². The molecule has 0 saturated carbocycles. The summed E-state index contributed by atoms with van der Waals surface area (Å²) >= 11 is 0. The van der Waals surface area contributed by atoms with Crippen LogP contribution >= 0.6 is 0 Å². The molecular weight excluding hydrogens is 462 g/mol. The lowest BCUT2D eigenvalue weighted by atomic mass is 9.93. The molecule has 0 heterocycles. The van der Waals surface area contributed by atoms with E-state index in [0.29, 0.717) is 10.8 Å². The number of carbonyl (C=O) groups excluding carboxylic acids is 2. The molecule has 4 aromatic carbocycles. The SMILES string of the molecule is CC(=O)Oc1cc(OC(C)=O)c2ccc3c(S(=O)(=O)O)cc(S(N)(=O)=O)c4ccc1c2c43. The summed E-state index contributed by atoms with van der Waals surface area (Å²) in [6, 6.07) is 7.77. The first-order chi connectivity index (χ1) is 14.8. The highest BCUT2D eigenvalue weighted by Crippen LogP contribution is 2.46. The van der Waals surface area contributed by atoms with E-state index in [4.69, 9.17) is 14.6 Å². The molecule has 0 aliphatic rings. The highest BCUT2D eigenvalue weighted by Gasteiger charge is 2.26. The maximum Gasteiger partial charge on any atom is 0.308 e. The van der Waals surface area contributed by atoms with E-state index in [-0.39, 0.29) is 33.0 Å². The number of ether oxygens (including phenoxy) is 2. The quantitative estimate of drug-likeness (QED) is 0.194. The average molecular weight is 477 g/mol. The molecule has 0 bridgehead atoms. The number of hydrogen-bond acceptors (Lipinski definition) is 8. The molecule has 0 saturated heterocycles. The third-order valence-corrected chi connectivity index (χ3v) is 6.68. The van der Waals surface area contributed by atoms with Crippen molar-refractivity contribution in [3.8, 4) is 11.5 Å². The number of esters is 2. The molecule has 4 rings (SSSR count). The fourth-order valence-corrected chi connectivity index (χ4v) is 5.34. The van der Waals surface area contributed by atoms with Crippen molar-refractivity contribution in [2.75, 3.05) is 0 Å². The first-order valence-electron chi connectivity index (χ1n) is 8.94. The zero-order chi connectivity index (χ0) is 23.6. The van der Waals surface area contributed by atoms with Gasteiger partial charge in [0, 0.05) is 52.2 Å². The van der Waals surface area contributed by atoms with E-state index in [1.165, 1.54) is 44.2 Å². The molecule has 0 aliphatic carbocycles. The Morgan fingerprint density at radius 1 is 0.750 bits per heavy atom. The van der Waals surface area contributed by atoms with Crippen molar-refractivity contribution >= 4 is 64.4 Å². The zero-order valence-corrected chi connectivity index (χ0v) is 18.2. The minimum atomic E-state index is -4.86. The van der Waals surface area contributed by atoms with Crippen LogP contribution < -0.4 is 14.6 Å². The van der Waals surface area contributed by atoms with Gasteiger partial charge in [0.1, 0.15) is 16.4 Å². The van der Waals surface area contributed by atoms with Crippen molar-refractivity contribution in [2.24, 2.45) is 5.14 Å². The van der Waals surface area contributed by atoms with Crippen LogP contribution in [0.5, 0.6) is 11.5 Å². The van der Waals surface area contributed by atoms with E-state index in [1.54, 1.807) is 0 Å². The van der Waals surface area contributed by atoms with Crippen LogP contribution in [0.3, 0.4) is 0 Å². The van der Waals surface area contributed by atoms with Crippen LogP contribution in [0.2, 0.25) is 0 Å².